The van der Waals surface area contributed by atoms with E-state index >= 15 is 0 Å². The Bertz CT molecular complexity index is 2720. The van der Waals surface area contributed by atoms with Gasteiger partial charge in [-0.25, -0.2) is 0 Å². The minimum atomic E-state index is -0.172. The Morgan fingerprint density at radius 2 is 1.43 bits per heavy atom. The second-order valence-electron chi connectivity index (χ2n) is 14.2. The Morgan fingerprint density at radius 3 is 2.23 bits per heavy atom. The first-order chi connectivity index (χ1) is 25.9. The Labute approximate surface area is 317 Å². The Morgan fingerprint density at radius 1 is 0.698 bits per heavy atom. The van der Waals surface area contributed by atoms with Crippen LogP contribution in [0.2, 0.25) is 0 Å². The maximum Gasteiger partial charge on any atom is 0.0702 e. The van der Waals surface area contributed by atoms with Gasteiger partial charge in [-0.1, -0.05) is 117 Å². The van der Waals surface area contributed by atoms with Crippen LogP contribution in [-0.4, -0.2) is 4.98 Å². The molecule has 0 aliphatic heterocycles. The summed E-state index contributed by atoms with van der Waals surface area (Å²) in [6.45, 7) is 4.74. The van der Waals surface area contributed by atoms with Crippen molar-refractivity contribution in [3.63, 3.8) is 0 Å². The van der Waals surface area contributed by atoms with E-state index in [2.05, 4.69) is 123 Å². The standard InChI is InChI=1S/C50H40N2S/c1-4-35(39-20-9-10-22-47(39)53)18-8-7-15-33-17-14-19-36(27-33)37-23-24-40-41(30-37)42-28-34(16-6-5-12-25-51)29-44-48(42)49-43(40)31-38(32-45(49)50(44,2)3)46-21-11-13-26-52-46/h1,5-14,17-32,53H,15-16,51H2,2-3H3/b6-5-,8-7-,25-12-,35-18+. The molecule has 0 fully saturated rings. The van der Waals surface area contributed by atoms with Crippen LogP contribution in [0.3, 0.4) is 0 Å². The second kappa shape index (κ2) is 14.2. The molecule has 2 N–H and O–H groups in total. The molecule has 0 amide bonds. The summed E-state index contributed by atoms with van der Waals surface area (Å²) >= 11 is 4.59. The van der Waals surface area contributed by atoms with Crippen molar-refractivity contribution in [1.29, 1.82) is 0 Å². The lowest BCUT2D eigenvalue weighted by Gasteiger charge is -2.23. The molecule has 0 unspecified atom stereocenters. The van der Waals surface area contributed by atoms with Crippen molar-refractivity contribution in [3.8, 4) is 34.7 Å². The van der Waals surface area contributed by atoms with Crippen molar-refractivity contribution in [2.24, 2.45) is 5.73 Å². The maximum atomic E-state index is 5.86. The Balaban J connectivity index is 1.24. The number of thiol groups is 1. The quantitative estimate of drug-likeness (QED) is 0.0681. The lowest BCUT2D eigenvalue weighted by molar-refractivity contribution is 0.662. The molecule has 53 heavy (non-hydrogen) atoms. The number of hydrogen-bond acceptors (Lipinski definition) is 3. The van der Waals surface area contributed by atoms with Gasteiger partial charge in [0.25, 0.3) is 0 Å². The smallest absolute Gasteiger partial charge is 0.0702 e. The minimum Gasteiger partial charge on any atom is -0.405 e. The highest BCUT2D eigenvalue weighted by Gasteiger charge is 2.36. The van der Waals surface area contributed by atoms with Gasteiger partial charge in [-0.2, -0.15) is 0 Å². The number of allylic oxidation sites excluding steroid dienone is 7. The summed E-state index contributed by atoms with van der Waals surface area (Å²) in [5, 5.41) is 7.84. The first kappa shape index (κ1) is 34.0. The fraction of sp³-hybridized carbons (Fsp3) is 0.100. The molecule has 0 spiro atoms. The van der Waals surface area contributed by atoms with E-state index in [4.69, 9.17) is 17.1 Å². The summed E-state index contributed by atoms with van der Waals surface area (Å²) in [6, 6.07) is 39.5. The van der Waals surface area contributed by atoms with Crippen molar-refractivity contribution in [2.75, 3.05) is 0 Å². The SMILES string of the molecule is C#C/C(=C\C=C/Cc1cccc(-c2ccc3c(c2)c2cc(C/C=C\C=C/N)cc4c2c2c(cc(-c5ccccn5)cc32)C4(C)C)c1)c1ccccc1S. The molecule has 0 saturated carbocycles. The highest BCUT2D eigenvalue weighted by atomic mass is 32.1. The van der Waals surface area contributed by atoms with Gasteiger partial charge in [0.05, 0.1) is 5.69 Å². The third kappa shape index (κ3) is 6.26. The van der Waals surface area contributed by atoms with Crippen LogP contribution < -0.4 is 5.73 Å². The Kier molecular flexibility index (Phi) is 9.09. The summed E-state index contributed by atoms with van der Waals surface area (Å²) < 4.78 is 0. The van der Waals surface area contributed by atoms with E-state index in [1.807, 2.05) is 60.8 Å². The van der Waals surface area contributed by atoms with Gasteiger partial charge in [0, 0.05) is 33.2 Å². The van der Waals surface area contributed by atoms with Crippen LogP contribution in [0, 0.1) is 12.3 Å². The second-order valence-corrected chi connectivity index (χ2v) is 14.7. The van der Waals surface area contributed by atoms with Gasteiger partial charge in [0.1, 0.15) is 0 Å². The third-order valence-corrected chi connectivity index (χ3v) is 11.0. The van der Waals surface area contributed by atoms with Crippen molar-refractivity contribution < 1.29 is 0 Å². The van der Waals surface area contributed by atoms with E-state index in [-0.39, 0.29) is 5.41 Å². The van der Waals surface area contributed by atoms with E-state index in [0.717, 1.165) is 40.1 Å². The number of rotatable bonds is 9. The molecule has 6 aromatic carbocycles. The molecule has 256 valence electrons. The van der Waals surface area contributed by atoms with Gasteiger partial charge in [0.2, 0.25) is 0 Å². The zero-order valence-electron chi connectivity index (χ0n) is 30.0. The van der Waals surface area contributed by atoms with E-state index in [1.165, 1.54) is 65.7 Å². The molecular formula is C50H40N2S. The first-order valence-corrected chi connectivity index (χ1v) is 18.5. The normalized spacial score (nSPS) is 13.8. The number of nitrogens with two attached hydrogens (primary N) is 1. The summed E-state index contributed by atoms with van der Waals surface area (Å²) in [7, 11) is 0. The molecule has 0 bridgehead atoms. The van der Waals surface area contributed by atoms with Crippen LogP contribution in [0.5, 0.6) is 0 Å². The van der Waals surface area contributed by atoms with Crippen LogP contribution in [0.1, 0.15) is 41.7 Å². The molecule has 3 heteroatoms. The highest BCUT2D eigenvalue weighted by Crippen LogP contribution is 2.53. The zero-order chi connectivity index (χ0) is 36.5. The van der Waals surface area contributed by atoms with Crippen LogP contribution >= 0.6 is 12.6 Å². The summed E-state index contributed by atoms with van der Waals surface area (Å²) in [4.78, 5) is 5.63. The predicted molar refractivity (Wildman–Crippen MR) is 229 cm³/mol. The topological polar surface area (TPSA) is 38.9 Å². The number of hydrogen-bond donors (Lipinski definition) is 2. The number of benzene rings is 6. The monoisotopic (exact) mass is 700 g/mol. The molecule has 2 nitrogen and oxygen atoms in total. The summed E-state index contributed by atoms with van der Waals surface area (Å²) in [5.74, 6) is 2.81. The molecule has 1 aromatic heterocycles. The van der Waals surface area contributed by atoms with Crippen LogP contribution in [0.15, 0.2) is 163 Å². The van der Waals surface area contributed by atoms with Gasteiger partial charge < -0.3 is 5.73 Å². The predicted octanol–water partition coefficient (Wildman–Crippen LogP) is 12.2. The molecule has 8 rings (SSSR count). The molecular weight excluding hydrogens is 661 g/mol. The molecule has 0 radical (unpaired) electrons. The van der Waals surface area contributed by atoms with E-state index in [9.17, 15) is 0 Å². The largest absolute Gasteiger partial charge is 0.405 e. The number of fused-ring (bicyclic) bond motifs is 3. The van der Waals surface area contributed by atoms with Crippen molar-refractivity contribution >= 4 is 50.5 Å². The number of pyridine rings is 1. The zero-order valence-corrected chi connectivity index (χ0v) is 30.9. The maximum absolute atomic E-state index is 5.86. The first-order valence-electron chi connectivity index (χ1n) is 18.0. The molecule has 0 atom stereocenters. The van der Waals surface area contributed by atoms with Gasteiger partial charge in [-0.15, -0.1) is 19.1 Å². The molecule has 1 aliphatic rings. The van der Waals surface area contributed by atoms with Crippen LogP contribution in [-0.2, 0) is 18.3 Å². The lowest BCUT2D eigenvalue weighted by Crippen LogP contribution is -2.15. The van der Waals surface area contributed by atoms with E-state index in [0.29, 0.717) is 0 Å². The van der Waals surface area contributed by atoms with Gasteiger partial charge >= 0.3 is 0 Å². The molecule has 0 saturated heterocycles. The average Bonchev–Trinajstić information content (AvgIpc) is 3.42. The van der Waals surface area contributed by atoms with Crippen LogP contribution in [0.25, 0.3) is 60.3 Å². The molecule has 7 aromatic rings. The average molecular weight is 701 g/mol. The van der Waals surface area contributed by atoms with Crippen LogP contribution in [0.4, 0.5) is 0 Å². The van der Waals surface area contributed by atoms with Gasteiger partial charge in [-0.05, 0) is 133 Å². The summed E-state index contributed by atoms with van der Waals surface area (Å²) in [6.07, 6.45) is 23.2. The number of terminal acetylenes is 1. The number of aromatic nitrogens is 1. The highest BCUT2D eigenvalue weighted by molar-refractivity contribution is 7.80. The van der Waals surface area contributed by atoms with Crippen molar-refractivity contribution in [3.05, 3.63) is 186 Å². The van der Waals surface area contributed by atoms with E-state index in [1.54, 1.807) is 6.20 Å². The minimum absolute atomic E-state index is 0.172. The number of nitrogens with zero attached hydrogens (tertiary/aromatic N) is 1. The van der Waals surface area contributed by atoms with Gasteiger partial charge in [0.15, 0.2) is 0 Å². The van der Waals surface area contributed by atoms with Crippen molar-refractivity contribution in [1.82, 2.24) is 4.98 Å². The van der Waals surface area contributed by atoms with Gasteiger partial charge in [-0.3, -0.25) is 4.98 Å². The molecule has 1 aliphatic carbocycles. The molecule has 1 heterocycles. The fourth-order valence-corrected chi connectivity index (χ4v) is 8.21. The summed E-state index contributed by atoms with van der Waals surface area (Å²) in [5.41, 5.74) is 17.0. The lowest BCUT2D eigenvalue weighted by atomic mass is 9.80. The van der Waals surface area contributed by atoms with Crippen molar-refractivity contribution in [2.45, 2.75) is 37.0 Å². The third-order valence-electron chi connectivity index (χ3n) is 10.6. The fourth-order valence-electron chi connectivity index (χ4n) is 7.93. The van der Waals surface area contributed by atoms with E-state index < -0.39 is 0 Å². The Hall–Kier alpha value is -6.08.